The van der Waals surface area contributed by atoms with Crippen LogP contribution in [0.2, 0.25) is 0 Å². The molecule has 0 aliphatic rings. The zero-order valence-corrected chi connectivity index (χ0v) is 15.8. The minimum Gasteiger partial charge on any atom is -0.497 e. The molecule has 0 unspecified atom stereocenters. The number of nitrogens with one attached hydrogen (secondary N) is 2. The van der Waals surface area contributed by atoms with Gasteiger partial charge in [0.05, 0.1) is 12.8 Å². The first kappa shape index (κ1) is 21.9. The lowest BCUT2D eigenvalue weighted by Gasteiger charge is -2.08. The number of carbonyl (C=O) groups is 2. The van der Waals surface area contributed by atoms with E-state index in [0.717, 1.165) is 11.3 Å². The zero-order valence-electron chi connectivity index (χ0n) is 15.8. The van der Waals surface area contributed by atoms with E-state index in [9.17, 15) is 22.8 Å². The highest BCUT2D eigenvalue weighted by molar-refractivity contribution is 6.00. The van der Waals surface area contributed by atoms with Gasteiger partial charge >= 0.3 is 12.1 Å². The summed E-state index contributed by atoms with van der Waals surface area (Å²) in [6.07, 6.45) is -4.17. The third-order valence-corrected chi connectivity index (χ3v) is 3.97. The van der Waals surface area contributed by atoms with Crippen LogP contribution in [0.1, 0.15) is 24.5 Å². The number of alkyl halides is 3. The Balaban J connectivity index is 1.86. The van der Waals surface area contributed by atoms with Crippen molar-refractivity contribution in [1.82, 2.24) is 5.43 Å². The topological polar surface area (TPSA) is 79.8 Å². The Labute approximate surface area is 165 Å². The zero-order chi connectivity index (χ0) is 21.4. The monoisotopic (exact) mass is 407 g/mol. The predicted molar refractivity (Wildman–Crippen MR) is 103 cm³/mol. The summed E-state index contributed by atoms with van der Waals surface area (Å²) in [5, 5.41) is 5.75. The van der Waals surface area contributed by atoms with Crippen molar-refractivity contribution < 1.29 is 27.5 Å². The van der Waals surface area contributed by atoms with E-state index in [-0.39, 0.29) is 18.0 Å². The molecule has 0 aliphatic heterocycles. The molecule has 2 rings (SSSR count). The van der Waals surface area contributed by atoms with Crippen LogP contribution in [0.3, 0.4) is 0 Å². The Kier molecular flexibility index (Phi) is 7.35. The minimum atomic E-state index is -4.95. The van der Waals surface area contributed by atoms with Gasteiger partial charge in [-0.2, -0.15) is 18.3 Å². The Hall–Kier alpha value is -3.36. The number of hydrazone groups is 1. The largest absolute Gasteiger partial charge is 0.497 e. The van der Waals surface area contributed by atoms with Gasteiger partial charge in [0.1, 0.15) is 5.75 Å². The molecule has 2 amide bonds. The summed E-state index contributed by atoms with van der Waals surface area (Å²) >= 11 is 0. The van der Waals surface area contributed by atoms with E-state index < -0.39 is 12.1 Å². The number of nitrogens with zero attached hydrogens (tertiary/aromatic N) is 1. The van der Waals surface area contributed by atoms with Crippen LogP contribution >= 0.6 is 0 Å². The van der Waals surface area contributed by atoms with Gasteiger partial charge in [-0.3, -0.25) is 9.59 Å². The van der Waals surface area contributed by atoms with Crippen molar-refractivity contribution in [2.24, 2.45) is 5.10 Å². The lowest BCUT2D eigenvalue weighted by molar-refractivity contribution is -0.167. The van der Waals surface area contributed by atoms with Gasteiger partial charge in [0, 0.05) is 12.1 Å². The highest BCUT2D eigenvalue weighted by Crippen LogP contribution is 2.18. The van der Waals surface area contributed by atoms with Crippen LogP contribution in [0, 0.1) is 0 Å². The van der Waals surface area contributed by atoms with E-state index in [4.69, 9.17) is 4.74 Å². The fraction of sp³-hybridized carbons (Fsp3) is 0.250. The molecule has 9 heteroatoms. The Morgan fingerprint density at radius 1 is 1.03 bits per heavy atom. The summed E-state index contributed by atoms with van der Waals surface area (Å²) in [5.74, 6) is -1.57. The molecular formula is C20H20F3N3O3. The smallest absolute Gasteiger partial charge is 0.471 e. The number of methoxy groups -OCH3 is 1. The van der Waals surface area contributed by atoms with Gasteiger partial charge in [-0.25, -0.2) is 5.43 Å². The molecule has 0 bridgehead atoms. The highest BCUT2D eigenvalue weighted by atomic mass is 19.4. The number of hydrogen-bond donors (Lipinski definition) is 2. The normalized spacial score (nSPS) is 11.7. The fourth-order valence-corrected chi connectivity index (χ4v) is 2.31. The second-order valence-corrected chi connectivity index (χ2v) is 6.11. The number of rotatable bonds is 7. The molecule has 0 fully saturated rings. The van der Waals surface area contributed by atoms with Crippen LogP contribution in [0.5, 0.6) is 5.75 Å². The van der Waals surface area contributed by atoms with Crippen LogP contribution in [0.15, 0.2) is 53.6 Å². The molecule has 154 valence electrons. The molecule has 6 nitrogen and oxygen atoms in total. The molecule has 0 atom stereocenters. The van der Waals surface area contributed by atoms with Gasteiger partial charge in [-0.15, -0.1) is 0 Å². The molecule has 0 saturated heterocycles. The predicted octanol–water partition coefficient (Wildman–Crippen LogP) is 3.67. The van der Waals surface area contributed by atoms with E-state index in [1.54, 1.807) is 19.4 Å². The summed E-state index contributed by atoms with van der Waals surface area (Å²) < 4.78 is 41.8. The summed E-state index contributed by atoms with van der Waals surface area (Å²) in [6, 6.07) is 13.0. The van der Waals surface area contributed by atoms with Gasteiger partial charge in [0.25, 0.3) is 0 Å². The molecule has 0 aliphatic carbocycles. The Bertz CT molecular complexity index is 877. The number of aryl methyl sites for hydroxylation is 1. The van der Waals surface area contributed by atoms with E-state index in [0.29, 0.717) is 17.7 Å². The van der Waals surface area contributed by atoms with Gasteiger partial charge in [0.15, 0.2) is 0 Å². The molecular weight excluding hydrogens is 387 g/mol. The van der Waals surface area contributed by atoms with Crippen LogP contribution in [0.4, 0.5) is 18.9 Å². The molecule has 0 spiro atoms. The maximum absolute atomic E-state index is 12.2. The van der Waals surface area contributed by atoms with Gasteiger partial charge in [0.2, 0.25) is 5.91 Å². The number of carbonyl (C=O) groups excluding carboxylic acids is 2. The van der Waals surface area contributed by atoms with Crippen molar-refractivity contribution in [1.29, 1.82) is 0 Å². The summed E-state index contributed by atoms with van der Waals surface area (Å²) in [7, 11) is 1.58. The third kappa shape index (κ3) is 6.95. The second-order valence-electron chi connectivity index (χ2n) is 6.11. The van der Waals surface area contributed by atoms with Crippen molar-refractivity contribution in [3.05, 3.63) is 59.7 Å². The first-order valence-corrected chi connectivity index (χ1v) is 8.63. The van der Waals surface area contributed by atoms with E-state index >= 15 is 0 Å². The first-order valence-electron chi connectivity index (χ1n) is 8.63. The molecule has 29 heavy (non-hydrogen) atoms. The minimum absolute atomic E-state index is 0.00685. The summed E-state index contributed by atoms with van der Waals surface area (Å²) in [6.45, 7) is 1.65. The SMILES string of the molecule is COc1ccc(CCC(=O)N/N=C(\C)c2ccc(NC(=O)C(F)(F)F)cc2)cc1. The van der Waals surface area contributed by atoms with E-state index in [1.807, 2.05) is 24.3 Å². The number of anilines is 1. The van der Waals surface area contributed by atoms with Gasteiger partial charge in [-0.05, 0) is 48.7 Å². The van der Waals surface area contributed by atoms with Crippen molar-refractivity contribution in [2.75, 3.05) is 12.4 Å². The maximum atomic E-state index is 12.2. The van der Waals surface area contributed by atoms with E-state index in [2.05, 4.69) is 10.5 Å². The van der Waals surface area contributed by atoms with Crippen LogP contribution < -0.4 is 15.5 Å². The highest BCUT2D eigenvalue weighted by Gasteiger charge is 2.38. The lowest BCUT2D eigenvalue weighted by atomic mass is 10.1. The number of benzene rings is 2. The molecule has 2 N–H and O–H groups in total. The summed E-state index contributed by atoms with van der Waals surface area (Å²) in [5.41, 5.74) is 4.49. The average molecular weight is 407 g/mol. The second kappa shape index (κ2) is 9.72. The average Bonchev–Trinajstić information content (AvgIpc) is 2.70. The fourth-order valence-electron chi connectivity index (χ4n) is 2.31. The molecule has 0 saturated carbocycles. The Morgan fingerprint density at radius 3 is 2.21 bits per heavy atom. The van der Waals surface area contributed by atoms with Crippen molar-refractivity contribution in [3.8, 4) is 5.75 Å². The first-order chi connectivity index (χ1) is 13.7. The number of ether oxygens (including phenoxy) is 1. The van der Waals surface area contributed by atoms with Crippen molar-refractivity contribution in [2.45, 2.75) is 25.9 Å². The number of hydrogen-bond acceptors (Lipinski definition) is 4. The lowest BCUT2D eigenvalue weighted by Crippen LogP contribution is -2.29. The summed E-state index contributed by atoms with van der Waals surface area (Å²) in [4.78, 5) is 22.9. The number of amides is 2. The van der Waals surface area contributed by atoms with Gasteiger partial charge < -0.3 is 10.1 Å². The molecule has 0 radical (unpaired) electrons. The molecule has 0 heterocycles. The van der Waals surface area contributed by atoms with Crippen molar-refractivity contribution >= 4 is 23.2 Å². The van der Waals surface area contributed by atoms with Gasteiger partial charge in [-0.1, -0.05) is 24.3 Å². The van der Waals surface area contributed by atoms with Crippen molar-refractivity contribution in [3.63, 3.8) is 0 Å². The quantitative estimate of drug-likeness (QED) is 0.543. The standard InChI is InChI=1S/C20H20F3N3O3/c1-13(15-6-8-16(9-7-15)24-19(28)20(21,22)23)25-26-18(27)12-5-14-3-10-17(29-2)11-4-14/h3-4,6-11H,5,12H2,1-2H3,(H,24,28)(H,26,27)/b25-13+. The maximum Gasteiger partial charge on any atom is 0.471 e. The van der Waals surface area contributed by atoms with Crippen LogP contribution in [-0.2, 0) is 16.0 Å². The van der Waals surface area contributed by atoms with Crippen LogP contribution in [0.25, 0.3) is 0 Å². The van der Waals surface area contributed by atoms with E-state index in [1.165, 1.54) is 24.3 Å². The molecule has 0 aromatic heterocycles. The Morgan fingerprint density at radius 2 is 1.66 bits per heavy atom. The molecule has 2 aromatic rings. The van der Waals surface area contributed by atoms with Crippen LogP contribution in [-0.4, -0.2) is 30.8 Å². The number of halogens is 3. The molecule has 2 aromatic carbocycles. The third-order valence-electron chi connectivity index (χ3n) is 3.97.